The van der Waals surface area contributed by atoms with E-state index in [2.05, 4.69) is 16.0 Å². The van der Waals surface area contributed by atoms with Gasteiger partial charge >= 0.3 is 0 Å². The second-order valence-electron chi connectivity index (χ2n) is 7.09. The van der Waals surface area contributed by atoms with Crippen molar-refractivity contribution < 1.29 is 9.15 Å². The Labute approximate surface area is 165 Å². The van der Waals surface area contributed by atoms with Crippen molar-refractivity contribution in [1.82, 2.24) is 9.88 Å². The zero-order valence-corrected chi connectivity index (χ0v) is 15.8. The van der Waals surface area contributed by atoms with Gasteiger partial charge in [0, 0.05) is 24.5 Å². The summed E-state index contributed by atoms with van der Waals surface area (Å²) < 4.78 is 12.1. The Hall–Kier alpha value is -2.94. The molecule has 142 valence electrons. The number of nitriles is 1. The highest BCUT2D eigenvalue weighted by atomic mass is 16.5. The normalized spacial score (nSPS) is 17.3. The van der Waals surface area contributed by atoms with E-state index in [0.717, 1.165) is 55.1 Å². The summed E-state index contributed by atoms with van der Waals surface area (Å²) in [5, 5.41) is 9.29. The second-order valence-corrected chi connectivity index (χ2v) is 7.09. The van der Waals surface area contributed by atoms with Crippen LogP contribution in [-0.2, 0) is 17.9 Å². The van der Waals surface area contributed by atoms with Gasteiger partial charge in [-0.3, -0.25) is 9.88 Å². The first-order valence-corrected chi connectivity index (χ1v) is 9.63. The van der Waals surface area contributed by atoms with Gasteiger partial charge in [0.25, 0.3) is 0 Å². The molecular weight excluding hydrogens is 350 g/mol. The molecule has 0 bridgehead atoms. The third kappa shape index (κ3) is 4.48. The smallest absolute Gasteiger partial charge is 0.135 e. The zero-order valence-electron chi connectivity index (χ0n) is 15.8. The minimum absolute atomic E-state index is 0.225. The van der Waals surface area contributed by atoms with Crippen LogP contribution in [0.1, 0.15) is 29.7 Å². The van der Waals surface area contributed by atoms with Crippen LogP contribution in [0.2, 0.25) is 0 Å². The van der Waals surface area contributed by atoms with Crippen LogP contribution in [0.15, 0.2) is 65.3 Å². The van der Waals surface area contributed by atoms with Gasteiger partial charge in [-0.2, -0.15) is 5.26 Å². The molecule has 1 unspecified atom stereocenters. The maximum Gasteiger partial charge on any atom is 0.135 e. The molecule has 3 aromatic rings. The molecule has 1 saturated heterocycles. The van der Waals surface area contributed by atoms with Crippen LogP contribution in [-0.4, -0.2) is 29.1 Å². The molecule has 3 heterocycles. The quantitative estimate of drug-likeness (QED) is 0.641. The monoisotopic (exact) mass is 373 g/mol. The number of piperidine rings is 1. The standard InChI is InChI=1S/C23H23N3O2/c24-13-19-6-1-2-8-22(19)23-10-9-21(28-23)16-26-12-4-7-20(15-26)27-17-18-5-3-11-25-14-18/h1-3,5-6,8-11,14,20H,4,7,12,15-17H2. The summed E-state index contributed by atoms with van der Waals surface area (Å²) in [7, 11) is 0. The molecule has 0 radical (unpaired) electrons. The summed E-state index contributed by atoms with van der Waals surface area (Å²) in [4.78, 5) is 6.51. The fourth-order valence-electron chi connectivity index (χ4n) is 3.61. The van der Waals surface area contributed by atoms with Crippen LogP contribution in [0, 0.1) is 11.3 Å². The summed E-state index contributed by atoms with van der Waals surface area (Å²) in [5.41, 5.74) is 2.57. The van der Waals surface area contributed by atoms with Gasteiger partial charge < -0.3 is 9.15 Å². The lowest BCUT2D eigenvalue weighted by molar-refractivity contribution is -0.0134. The van der Waals surface area contributed by atoms with Crippen molar-refractivity contribution >= 4 is 0 Å². The minimum Gasteiger partial charge on any atom is -0.460 e. The molecular formula is C23H23N3O2. The van der Waals surface area contributed by atoms with Crippen molar-refractivity contribution in [3.05, 3.63) is 77.8 Å². The van der Waals surface area contributed by atoms with Crippen LogP contribution in [0.3, 0.4) is 0 Å². The highest BCUT2D eigenvalue weighted by molar-refractivity contribution is 5.66. The molecule has 0 spiro atoms. The average molecular weight is 373 g/mol. The third-order valence-electron chi connectivity index (χ3n) is 5.02. The third-order valence-corrected chi connectivity index (χ3v) is 5.02. The molecule has 1 atom stereocenters. The summed E-state index contributed by atoms with van der Waals surface area (Å²) >= 11 is 0. The number of hydrogen-bond donors (Lipinski definition) is 0. The van der Waals surface area contributed by atoms with Gasteiger partial charge in [-0.05, 0) is 55.3 Å². The van der Waals surface area contributed by atoms with Crippen molar-refractivity contribution in [2.24, 2.45) is 0 Å². The van der Waals surface area contributed by atoms with E-state index < -0.39 is 0 Å². The molecule has 28 heavy (non-hydrogen) atoms. The predicted molar refractivity (Wildman–Crippen MR) is 106 cm³/mol. The second kappa shape index (κ2) is 8.83. The van der Waals surface area contributed by atoms with Gasteiger partial charge in [0.15, 0.2) is 0 Å². The average Bonchev–Trinajstić information content (AvgIpc) is 3.21. The zero-order chi connectivity index (χ0) is 19.2. The van der Waals surface area contributed by atoms with E-state index in [0.29, 0.717) is 12.2 Å². The van der Waals surface area contributed by atoms with Gasteiger partial charge in [0.05, 0.1) is 30.9 Å². The number of furan rings is 1. The lowest BCUT2D eigenvalue weighted by Gasteiger charge is -2.32. The van der Waals surface area contributed by atoms with Crippen LogP contribution < -0.4 is 0 Å². The lowest BCUT2D eigenvalue weighted by Crippen LogP contribution is -2.39. The van der Waals surface area contributed by atoms with Crippen LogP contribution in [0.5, 0.6) is 0 Å². The molecule has 5 heteroatoms. The first kappa shape index (κ1) is 18.4. The molecule has 4 rings (SSSR count). The van der Waals surface area contributed by atoms with Crippen LogP contribution in [0.25, 0.3) is 11.3 Å². The van der Waals surface area contributed by atoms with Gasteiger partial charge in [0.2, 0.25) is 0 Å². The van der Waals surface area contributed by atoms with Crippen molar-refractivity contribution in [2.75, 3.05) is 13.1 Å². The highest BCUT2D eigenvalue weighted by Gasteiger charge is 2.21. The first-order chi connectivity index (χ1) is 13.8. The van der Waals surface area contributed by atoms with E-state index in [1.54, 1.807) is 6.20 Å². The summed E-state index contributed by atoms with van der Waals surface area (Å²) in [5.74, 6) is 1.66. The number of rotatable bonds is 6. The van der Waals surface area contributed by atoms with E-state index in [9.17, 15) is 5.26 Å². The van der Waals surface area contributed by atoms with Gasteiger partial charge in [-0.25, -0.2) is 0 Å². The molecule has 0 saturated carbocycles. The minimum atomic E-state index is 0.225. The number of aromatic nitrogens is 1. The molecule has 1 aromatic carbocycles. The van der Waals surface area contributed by atoms with Crippen molar-refractivity contribution in [1.29, 1.82) is 5.26 Å². The Kier molecular flexibility index (Phi) is 5.81. The number of benzene rings is 1. The van der Waals surface area contributed by atoms with E-state index in [-0.39, 0.29) is 6.10 Å². The highest BCUT2D eigenvalue weighted by Crippen LogP contribution is 2.26. The number of ether oxygens (including phenoxy) is 1. The van der Waals surface area contributed by atoms with E-state index >= 15 is 0 Å². The van der Waals surface area contributed by atoms with E-state index in [4.69, 9.17) is 9.15 Å². The summed E-state index contributed by atoms with van der Waals surface area (Å²) in [6.07, 6.45) is 6.04. The Morgan fingerprint density at radius 3 is 2.96 bits per heavy atom. The van der Waals surface area contributed by atoms with Crippen molar-refractivity contribution in [2.45, 2.75) is 32.1 Å². The largest absolute Gasteiger partial charge is 0.460 e. The summed E-state index contributed by atoms with van der Waals surface area (Å²) in [6.45, 7) is 3.28. The molecule has 1 aliphatic rings. The maximum absolute atomic E-state index is 9.29. The first-order valence-electron chi connectivity index (χ1n) is 9.63. The Morgan fingerprint density at radius 1 is 1.18 bits per heavy atom. The molecule has 2 aromatic heterocycles. The molecule has 1 aliphatic heterocycles. The SMILES string of the molecule is N#Cc1ccccc1-c1ccc(CN2CCCC(OCc3cccnc3)C2)o1. The fraction of sp³-hybridized carbons (Fsp3) is 0.304. The lowest BCUT2D eigenvalue weighted by atomic mass is 10.1. The van der Waals surface area contributed by atoms with E-state index in [1.807, 2.05) is 54.7 Å². The molecule has 0 aliphatic carbocycles. The van der Waals surface area contributed by atoms with Crippen LogP contribution >= 0.6 is 0 Å². The maximum atomic E-state index is 9.29. The van der Waals surface area contributed by atoms with Crippen molar-refractivity contribution in [3.63, 3.8) is 0 Å². The number of pyridine rings is 1. The molecule has 0 N–H and O–H groups in total. The van der Waals surface area contributed by atoms with Crippen molar-refractivity contribution in [3.8, 4) is 17.4 Å². The number of likely N-dealkylation sites (tertiary alicyclic amines) is 1. The van der Waals surface area contributed by atoms with Gasteiger partial charge in [-0.15, -0.1) is 0 Å². The predicted octanol–water partition coefficient (Wildman–Crippen LogP) is 4.39. The van der Waals surface area contributed by atoms with E-state index in [1.165, 1.54) is 0 Å². The van der Waals surface area contributed by atoms with Crippen LogP contribution in [0.4, 0.5) is 0 Å². The summed E-state index contributed by atoms with van der Waals surface area (Å²) in [6, 6.07) is 17.7. The molecule has 1 fully saturated rings. The fourth-order valence-corrected chi connectivity index (χ4v) is 3.61. The number of hydrogen-bond acceptors (Lipinski definition) is 5. The van der Waals surface area contributed by atoms with Gasteiger partial charge in [0.1, 0.15) is 11.5 Å². The Balaban J connectivity index is 1.35. The molecule has 0 amide bonds. The Morgan fingerprint density at radius 2 is 2.11 bits per heavy atom. The molecule has 5 nitrogen and oxygen atoms in total. The Bertz CT molecular complexity index is 946. The van der Waals surface area contributed by atoms with Gasteiger partial charge in [-0.1, -0.05) is 18.2 Å². The topological polar surface area (TPSA) is 62.3 Å². The number of nitrogens with zero attached hydrogens (tertiary/aromatic N) is 3.